The van der Waals surface area contributed by atoms with Gasteiger partial charge in [0, 0.05) is 5.92 Å². The van der Waals surface area contributed by atoms with E-state index in [1.807, 2.05) is 31.2 Å². The van der Waals surface area contributed by atoms with Crippen LogP contribution in [0.3, 0.4) is 0 Å². The zero-order valence-corrected chi connectivity index (χ0v) is 12.9. The number of hydrogen-bond acceptors (Lipinski definition) is 2. The van der Waals surface area contributed by atoms with Crippen molar-refractivity contribution < 1.29 is 17.9 Å². The number of ether oxygens (including phenoxy) is 1. The van der Waals surface area contributed by atoms with Crippen LogP contribution in [0, 0.1) is 0 Å². The van der Waals surface area contributed by atoms with E-state index in [4.69, 9.17) is 10.5 Å². The van der Waals surface area contributed by atoms with Crippen LogP contribution in [0.1, 0.15) is 29.5 Å². The lowest BCUT2D eigenvalue weighted by Gasteiger charge is -2.19. The number of alkyl halides is 3. The van der Waals surface area contributed by atoms with Crippen LogP contribution in [0.2, 0.25) is 0 Å². The Hall–Kier alpha value is -2.01. The maximum Gasteiger partial charge on any atom is 0.416 e. The molecule has 0 aromatic heterocycles. The van der Waals surface area contributed by atoms with Crippen LogP contribution in [0.4, 0.5) is 13.2 Å². The minimum atomic E-state index is -4.31. The van der Waals surface area contributed by atoms with Crippen LogP contribution in [-0.2, 0) is 12.6 Å². The molecular weight excluding hydrogens is 303 g/mol. The van der Waals surface area contributed by atoms with Gasteiger partial charge in [0.2, 0.25) is 0 Å². The molecule has 23 heavy (non-hydrogen) atoms. The second kappa shape index (κ2) is 7.51. The van der Waals surface area contributed by atoms with Crippen LogP contribution in [0.25, 0.3) is 0 Å². The van der Waals surface area contributed by atoms with Gasteiger partial charge in [0.15, 0.2) is 0 Å². The summed E-state index contributed by atoms with van der Waals surface area (Å²) in [5.74, 6) is 0.770. The lowest BCUT2D eigenvalue weighted by atomic mass is 9.91. The predicted octanol–water partition coefficient (Wildman–Crippen LogP) is 4.39. The van der Waals surface area contributed by atoms with E-state index in [1.165, 1.54) is 12.1 Å². The Kier molecular flexibility index (Phi) is 5.66. The number of benzene rings is 2. The van der Waals surface area contributed by atoms with Crippen LogP contribution in [-0.4, -0.2) is 13.2 Å². The van der Waals surface area contributed by atoms with E-state index in [1.54, 1.807) is 0 Å². The van der Waals surface area contributed by atoms with Crippen LogP contribution >= 0.6 is 0 Å². The summed E-state index contributed by atoms with van der Waals surface area (Å²) >= 11 is 0. The summed E-state index contributed by atoms with van der Waals surface area (Å²) in [5, 5.41) is 0. The minimum absolute atomic E-state index is 0.00510. The van der Waals surface area contributed by atoms with Crippen molar-refractivity contribution in [3.05, 3.63) is 65.2 Å². The Labute approximate surface area is 134 Å². The van der Waals surface area contributed by atoms with Crippen LogP contribution in [0.15, 0.2) is 48.5 Å². The van der Waals surface area contributed by atoms with Crippen molar-refractivity contribution in [1.29, 1.82) is 0 Å². The molecule has 2 N–H and O–H groups in total. The number of halogens is 3. The Morgan fingerprint density at radius 3 is 2.26 bits per heavy atom. The van der Waals surface area contributed by atoms with Crippen molar-refractivity contribution in [2.75, 3.05) is 13.2 Å². The molecule has 2 nitrogen and oxygen atoms in total. The molecule has 0 amide bonds. The highest BCUT2D eigenvalue weighted by Crippen LogP contribution is 2.31. The lowest BCUT2D eigenvalue weighted by Crippen LogP contribution is -2.16. The molecular formula is C18H20F3NO. The Morgan fingerprint density at radius 1 is 1.04 bits per heavy atom. The van der Waals surface area contributed by atoms with E-state index in [2.05, 4.69) is 0 Å². The van der Waals surface area contributed by atoms with Crippen molar-refractivity contribution in [3.8, 4) is 5.75 Å². The van der Waals surface area contributed by atoms with E-state index >= 15 is 0 Å². The normalized spacial score (nSPS) is 12.9. The van der Waals surface area contributed by atoms with Crippen molar-refractivity contribution >= 4 is 0 Å². The molecule has 0 fully saturated rings. The number of hydrogen-bond donors (Lipinski definition) is 1. The Morgan fingerprint density at radius 2 is 1.70 bits per heavy atom. The zero-order chi connectivity index (χ0) is 16.9. The first-order valence-corrected chi connectivity index (χ1v) is 7.53. The molecule has 0 saturated carbocycles. The van der Waals surface area contributed by atoms with Crippen LogP contribution in [0.5, 0.6) is 5.75 Å². The van der Waals surface area contributed by atoms with E-state index < -0.39 is 11.7 Å². The monoisotopic (exact) mass is 323 g/mol. The highest BCUT2D eigenvalue weighted by Gasteiger charge is 2.30. The van der Waals surface area contributed by atoms with Gasteiger partial charge in [0.05, 0.1) is 12.2 Å². The predicted molar refractivity (Wildman–Crippen MR) is 84.6 cm³/mol. The zero-order valence-electron chi connectivity index (χ0n) is 12.9. The summed E-state index contributed by atoms with van der Waals surface area (Å²) in [6, 6.07) is 12.9. The second-order valence-corrected chi connectivity index (χ2v) is 5.30. The molecule has 5 heteroatoms. The van der Waals surface area contributed by atoms with Gasteiger partial charge in [-0.25, -0.2) is 0 Å². The molecule has 0 radical (unpaired) electrons. The van der Waals surface area contributed by atoms with E-state index in [0.29, 0.717) is 19.6 Å². The Bertz CT molecular complexity index is 623. The molecule has 1 atom stereocenters. The standard InChI is InChI=1S/C18H20F3NO/c1-2-23-17-6-4-3-5-16(17)14(12-22)11-13-7-9-15(10-8-13)18(19,20)21/h3-10,14H,2,11-12,22H2,1H3. The van der Waals surface area contributed by atoms with Gasteiger partial charge in [0.1, 0.15) is 5.75 Å². The molecule has 0 bridgehead atoms. The van der Waals surface area contributed by atoms with Crippen molar-refractivity contribution in [1.82, 2.24) is 0 Å². The summed E-state index contributed by atoms with van der Waals surface area (Å²) in [5.41, 5.74) is 7.04. The van der Waals surface area contributed by atoms with E-state index in [0.717, 1.165) is 29.0 Å². The fourth-order valence-electron chi connectivity index (χ4n) is 2.54. The van der Waals surface area contributed by atoms with E-state index in [-0.39, 0.29) is 5.92 Å². The first-order chi connectivity index (χ1) is 11.0. The third-order valence-electron chi connectivity index (χ3n) is 3.71. The molecule has 1 unspecified atom stereocenters. The maximum atomic E-state index is 12.6. The Balaban J connectivity index is 2.20. The van der Waals surface area contributed by atoms with Gasteiger partial charge in [-0.3, -0.25) is 0 Å². The summed E-state index contributed by atoms with van der Waals surface area (Å²) < 4.78 is 43.5. The highest BCUT2D eigenvalue weighted by atomic mass is 19.4. The topological polar surface area (TPSA) is 35.2 Å². The number of nitrogens with two attached hydrogens (primary N) is 1. The second-order valence-electron chi connectivity index (χ2n) is 5.30. The first kappa shape index (κ1) is 17.3. The molecule has 124 valence electrons. The summed E-state index contributed by atoms with van der Waals surface area (Å²) in [7, 11) is 0. The average Bonchev–Trinajstić information content (AvgIpc) is 2.53. The molecule has 0 heterocycles. The first-order valence-electron chi connectivity index (χ1n) is 7.53. The van der Waals surface area contributed by atoms with Crippen molar-refractivity contribution in [3.63, 3.8) is 0 Å². The molecule has 2 aromatic rings. The smallest absolute Gasteiger partial charge is 0.416 e. The lowest BCUT2D eigenvalue weighted by molar-refractivity contribution is -0.137. The average molecular weight is 323 g/mol. The minimum Gasteiger partial charge on any atom is -0.494 e. The van der Waals surface area contributed by atoms with Gasteiger partial charge in [-0.1, -0.05) is 30.3 Å². The van der Waals surface area contributed by atoms with Gasteiger partial charge >= 0.3 is 6.18 Å². The molecule has 0 saturated heterocycles. The summed E-state index contributed by atoms with van der Waals surface area (Å²) in [6.07, 6.45) is -3.74. The molecule has 0 aliphatic rings. The van der Waals surface area contributed by atoms with Gasteiger partial charge in [-0.05, 0) is 49.2 Å². The molecule has 2 aromatic carbocycles. The number of para-hydroxylation sites is 1. The SMILES string of the molecule is CCOc1ccccc1C(CN)Cc1ccc(C(F)(F)F)cc1. The molecule has 0 aliphatic carbocycles. The molecule has 0 spiro atoms. The van der Waals surface area contributed by atoms with Gasteiger partial charge in [-0.2, -0.15) is 13.2 Å². The fourth-order valence-corrected chi connectivity index (χ4v) is 2.54. The van der Waals surface area contributed by atoms with Crippen molar-refractivity contribution in [2.45, 2.75) is 25.4 Å². The van der Waals surface area contributed by atoms with Gasteiger partial charge in [0.25, 0.3) is 0 Å². The van der Waals surface area contributed by atoms with Gasteiger partial charge < -0.3 is 10.5 Å². The number of rotatable bonds is 6. The third kappa shape index (κ3) is 4.48. The summed E-state index contributed by atoms with van der Waals surface area (Å²) in [4.78, 5) is 0. The third-order valence-corrected chi connectivity index (χ3v) is 3.71. The molecule has 2 rings (SSSR count). The highest BCUT2D eigenvalue weighted by molar-refractivity contribution is 5.38. The molecule has 0 aliphatic heterocycles. The van der Waals surface area contributed by atoms with Gasteiger partial charge in [-0.15, -0.1) is 0 Å². The van der Waals surface area contributed by atoms with Crippen molar-refractivity contribution in [2.24, 2.45) is 5.73 Å². The van der Waals surface area contributed by atoms with Crippen LogP contribution < -0.4 is 10.5 Å². The summed E-state index contributed by atoms with van der Waals surface area (Å²) in [6.45, 7) is 2.85. The van der Waals surface area contributed by atoms with E-state index in [9.17, 15) is 13.2 Å². The fraction of sp³-hybridized carbons (Fsp3) is 0.333. The quantitative estimate of drug-likeness (QED) is 0.856. The maximum absolute atomic E-state index is 12.6. The largest absolute Gasteiger partial charge is 0.494 e.